The minimum atomic E-state index is -0.421. The number of amides is 1. The summed E-state index contributed by atoms with van der Waals surface area (Å²) in [7, 11) is 0. The second kappa shape index (κ2) is 7.49. The van der Waals surface area contributed by atoms with E-state index >= 15 is 0 Å². The van der Waals surface area contributed by atoms with Crippen molar-refractivity contribution in [2.24, 2.45) is 0 Å². The minimum absolute atomic E-state index is 0. The highest BCUT2D eigenvalue weighted by Crippen LogP contribution is 2.29. The molecule has 0 spiro atoms. The molecule has 1 N–H and O–H groups in total. The highest BCUT2D eigenvalue weighted by Gasteiger charge is 2.37. The van der Waals surface area contributed by atoms with Gasteiger partial charge < -0.3 is 15.0 Å². The largest absolute Gasteiger partial charge is 0.482 e. The molecule has 0 aliphatic carbocycles. The number of nitrogens with zero attached hydrogens (tertiary/aromatic N) is 1. The molecule has 2 heterocycles. The quantitative estimate of drug-likeness (QED) is 0.912. The van der Waals surface area contributed by atoms with Crippen LogP contribution >= 0.6 is 24.0 Å². The lowest BCUT2D eigenvalue weighted by Gasteiger charge is -2.27. The molecule has 3 rings (SSSR count). The van der Waals surface area contributed by atoms with Gasteiger partial charge in [0.15, 0.2) is 6.61 Å². The Bertz CT molecular complexity index is 530. The van der Waals surface area contributed by atoms with Gasteiger partial charge in [0.2, 0.25) is 0 Å². The number of ether oxygens (including phenoxy) is 1. The van der Waals surface area contributed by atoms with Crippen LogP contribution in [0, 0.1) is 5.82 Å². The molecule has 7 heteroatoms. The summed E-state index contributed by atoms with van der Waals surface area (Å²) in [5.41, 5.74) is 0. The molecule has 0 aromatic heterocycles. The monoisotopic (exact) mass is 348 g/mol. The number of carbonyl (C=O) groups excluding carboxylic acids is 1. The Kier molecular flexibility index (Phi) is 5.89. The smallest absolute Gasteiger partial charge is 0.261 e. The zero-order chi connectivity index (χ0) is 14.8. The fourth-order valence-corrected chi connectivity index (χ4v) is 3.42. The van der Waals surface area contributed by atoms with Crippen LogP contribution in [0.4, 0.5) is 4.39 Å². The molecule has 2 atom stereocenters. The van der Waals surface area contributed by atoms with Crippen molar-refractivity contribution in [1.82, 2.24) is 10.2 Å². The first-order valence-corrected chi connectivity index (χ1v) is 7.62. The molecule has 4 nitrogen and oxygen atoms in total. The normalized spacial score (nSPS) is 23.6. The molecular weight excluding hydrogens is 330 g/mol. The molecule has 2 fully saturated rings. The third-order valence-corrected chi connectivity index (χ3v) is 4.48. The number of rotatable bonds is 3. The molecule has 22 heavy (non-hydrogen) atoms. The van der Waals surface area contributed by atoms with Gasteiger partial charge in [-0.25, -0.2) is 4.39 Å². The summed E-state index contributed by atoms with van der Waals surface area (Å²) >= 11 is 5.89. The van der Waals surface area contributed by atoms with Gasteiger partial charge in [0.1, 0.15) is 11.6 Å². The summed E-state index contributed by atoms with van der Waals surface area (Å²) in [6.07, 6.45) is 3.09. The number of hydrogen-bond donors (Lipinski definition) is 1. The molecule has 2 aliphatic rings. The third kappa shape index (κ3) is 3.65. The van der Waals surface area contributed by atoms with Crippen molar-refractivity contribution in [3.8, 4) is 5.75 Å². The molecule has 1 aromatic carbocycles. The van der Waals surface area contributed by atoms with Crippen molar-refractivity contribution in [3.05, 3.63) is 29.0 Å². The van der Waals surface area contributed by atoms with Gasteiger partial charge in [-0.05, 0) is 44.0 Å². The van der Waals surface area contributed by atoms with E-state index in [1.54, 1.807) is 0 Å². The summed E-state index contributed by atoms with van der Waals surface area (Å²) in [5.74, 6) is -0.103. The molecular formula is C15H19Cl2FN2O2. The average Bonchev–Trinajstić information content (AvgIpc) is 2.71. The maximum Gasteiger partial charge on any atom is 0.261 e. The summed E-state index contributed by atoms with van der Waals surface area (Å²) in [5, 5.41) is 3.54. The zero-order valence-electron chi connectivity index (χ0n) is 12.1. The van der Waals surface area contributed by atoms with Crippen molar-refractivity contribution in [3.63, 3.8) is 0 Å². The lowest BCUT2D eigenvalue weighted by atomic mass is 10.1. The maximum absolute atomic E-state index is 13.0. The summed E-state index contributed by atoms with van der Waals surface area (Å²) in [6.45, 7) is 1.74. The second-order valence-electron chi connectivity index (χ2n) is 5.54. The Morgan fingerprint density at radius 3 is 2.91 bits per heavy atom. The van der Waals surface area contributed by atoms with Crippen LogP contribution in [-0.4, -0.2) is 42.6 Å². The summed E-state index contributed by atoms with van der Waals surface area (Å²) < 4.78 is 18.4. The van der Waals surface area contributed by atoms with Crippen LogP contribution in [0.1, 0.15) is 19.3 Å². The van der Waals surface area contributed by atoms with Crippen molar-refractivity contribution < 1.29 is 13.9 Å². The Balaban J connectivity index is 0.00000176. The number of carbonyl (C=O) groups is 1. The van der Waals surface area contributed by atoms with Gasteiger partial charge in [-0.1, -0.05) is 11.6 Å². The SMILES string of the molecule is Cl.O=C(COc1ccc(F)cc1Cl)N1C2CCNCC1CC2. The first-order valence-electron chi connectivity index (χ1n) is 7.25. The molecule has 0 radical (unpaired) electrons. The predicted molar refractivity (Wildman–Crippen MR) is 85.3 cm³/mol. The lowest BCUT2D eigenvalue weighted by molar-refractivity contribution is -0.135. The van der Waals surface area contributed by atoms with Crippen LogP contribution in [0.15, 0.2) is 18.2 Å². The predicted octanol–water partition coefficient (Wildman–Crippen LogP) is 2.63. The Labute approximate surface area is 140 Å². The van der Waals surface area contributed by atoms with Gasteiger partial charge >= 0.3 is 0 Å². The zero-order valence-corrected chi connectivity index (χ0v) is 13.6. The number of nitrogens with one attached hydrogen (secondary N) is 1. The van der Waals surface area contributed by atoms with Gasteiger partial charge in [0.05, 0.1) is 5.02 Å². The highest BCUT2D eigenvalue weighted by atomic mass is 35.5. The standard InChI is InChI=1S/C15H18ClFN2O2.ClH/c16-13-7-10(17)1-4-14(13)21-9-15(20)19-11-2-3-12(19)8-18-6-5-11;/h1,4,7,11-12,18H,2-3,5-6,8-9H2;1H. The van der Waals surface area contributed by atoms with E-state index in [1.807, 2.05) is 4.90 Å². The van der Waals surface area contributed by atoms with Gasteiger partial charge in [-0.2, -0.15) is 0 Å². The minimum Gasteiger partial charge on any atom is -0.482 e. The van der Waals surface area contributed by atoms with E-state index in [0.29, 0.717) is 11.8 Å². The van der Waals surface area contributed by atoms with Crippen LogP contribution in [0.2, 0.25) is 5.02 Å². The van der Waals surface area contributed by atoms with Crippen LogP contribution in [-0.2, 0) is 4.79 Å². The molecule has 122 valence electrons. The van der Waals surface area contributed by atoms with E-state index in [9.17, 15) is 9.18 Å². The van der Waals surface area contributed by atoms with Crippen molar-refractivity contribution >= 4 is 29.9 Å². The second-order valence-corrected chi connectivity index (χ2v) is 5.95. The lowest BCUT2D eigenvalue weighted by Crippen LogP contribution is -2.44. The molecule has 0 saturated carbocycles. The molecule has 2 saturated heterocycles. The summed E-state index contributed by atoms with van der Waals surface area (Å²) in [6, 6.07) is 4.47. The topological polar surface area (TPSA) is 41.6 Å². The number of benzene rings is 1. The number of hydrogen-bond acceptors (Lipinski definition) is 3. The van der Waals surface area contributed by atoms with Crippen LogP contribution in [0.3, 0.4) is 0 Å². The molecule has 1 amide bonds. The Morgan fingerprint density at radius 1 is 1.36 bits per heavy atom. The van der Waals surface area contributed by atoms with E-state index in [1.165, 1.54) is 18.2 Å². The Morgan fingerprint density at radius 2 is 2.14 bits per heavy atom. The fourth-order valence-electron chi connectivity index (χ4n) is 3.20. The van der Waals surface area contributed by atoms with Crippen molar-refractivity contribution in [2.45, 2.75) is 31.3 Å². The van der Waals surface area contributed by atoms with Gasteiger partial charge in [-0.15, -0.1) is 12.4 Å². The van der Waals surface area contributed by atoms with Crippen LogP contribution in [0.5, 0.6) is 5.75 Å². The van der Waals surface area contributed by atoms with Gasteiger partial charge in [0, 0.05) is 18.6 Å². The summed E-state index contributed by atoms with van der Waals surface area (Å²) in [4.78, 5) is 14.4. The molecule has 1 aromatic rings. The van der Waals surface area contributed by atoms with E-state index in [2.05, 4.69) is 5.32 Å². The average molecular weight is 349 g/mol. The first kappa shape index (κ1) is 17.3. The van der Waals surface area contributed by atoms with E-state index < -0.39 is 5.82 Å². The fraction of sp³-hybridized carbons (Fsp3) is 0.533. The maximum atomic E-state index is 13.0. The van der Waals surface area contributed by atoms with Crippen molar-refractivity contribution in [2.75, 3.05) is 19.7 Å². The van der Waals surface area contributed by atoms with Gasteiger partial charge in [-0.3, -0.25) is 4.79 Å². The molecule has 2 bridgehead atoms. The number of halogens is 3. The third-order valence-electron chi connectivity index (χ3n) is 4.19. The molecule has 2 unspecified atom stereocenters. The van der Waals surface area contributed by atoms with Gasteiger partial charge in [0.25, 0.3) is 5.91 Å². The number of fused-ring (bicyclic) bond motifs is 2. The van der Waals surface area contributed by atoms with E-state index in [4.69, 9.17) is 16.3 Å². The van der Waals surface area contributed by atoms with E-state index in [-0.39, 0.29) is 36.0 Å². The van der Waals surface area contributed by atoms with Crippen LogP contribution < -0.4 is 10.1 Å². The van der Waals surface area contributed by atoms with Crippen molar-refractivity contribution in [1.29, 1.82) is 0 Å². The highest BCUT2D eigenvalue weighted by molar-refractivity contribution is 6.32. The van der Waals surface area contributed by atoms with Crippen LogP contribution in [0.25, 0.3) is 0 Å². The molecule has 2 aliphatic heterocycles. The van der Waals surface area contributed by atoms with E-state index in [0.717, 1.165) is 32.4 Å². The first-order chi connectivity index (χ1) is 10.1. The Hall–Kier alpha value is -1.04.